The van der Waals surface area contributed by atoms with Crippen LogP contribution in [0.15, 0.2) is 30.3 Å². The van der Waals surface area contributed by atoms with Crippen molar-refractivity contribution in [1.29, 1.82) is 0 Å². The number of benzene rings is 1. The predicted octanol–water partition coefficient (Wildman–Crippen LogP) is 2.59. The number of aliphatic hydroxyl groups excluding tert-OH is 1. The summed E-state index contributed by atoms with van der Waals surface area (Å²) < 4.78 is 12.6. The molecule has 1 atom stereocenters. The Hall–Kier alpha value is -1.19. The van der Waals surface area contributed by atoms with Crippen LogP contribution < -0.4 is 5.32 Å². The maximum Gasteiger partial charge on any atom is 0.123 e. The zero-order valence-corrected chi connectivity index (χ0v) is 10.2. The Morgan fingerprint density at radius 3 is 2.71 bits per heavy atom. The van der Waals surface area contributed by atoms with Gasteiger partial charge in [-0.25, -0.2) is 4.39 Å². The minimum Gasteiger partial charge on any atom is -0.396 e. The van der Waals surface area contributed by atoms with Gasteiger partial charge in [0.2, 0.25) is 0 Å². The van der Waals surface area contributed by atoms with Crippen molar-refractivity contribution in [2.75, 3.05) is 13.2 Å². The molecule has 0 aliphatic heterocycles. The molecule has 0 radical (unpaired) electrons. The summed E-state index contributed by atoms with van der Waals surface area (Å²) >= 11 is 0. The highest BCUT2D eigenvalue weighted by Gasteiger charge is 1.97. The first kappa shape index (κ1) is 13.9. The zero-order valence-electron chi connectivity index (χ0n) is 10.2. The van der Waals surface area contributed by atoms with Crippen molar-refractivity contribution in [2.24, 2.45) is 0 Å². The van der Waals surface area contributed by atoms with Gasteiger partial charge in [0.05, 0.1) is 0 Å². The van der Waals surface area contributed by atoms with Gasteiger partial charge in [0, 0.05) is 19.2 Å². The van der Waals surface area contributed by atoms with Gasteiger partial charge in [-0.1, -0.05) is 24.3 Å². The second-order valence-corrected chi connectivity index (χ2v) is 4.13. The molecule has 1 aromatic rings. The number of hydrogen-bond acceptors (Lipinski definition) is 2. The Bertz CT molecular complexity index is 335. The second-order valence-electron chi connectivity index (χ2n) is 4.13. The fraction of sp³-hybridized carbons (Fsp3) is 0.429. The van der Waals surface area contributed by atoms with E-state index >= 15 is 0 Å². The molecule has 1 unspecified atom stereocenters. The molecule has 3 heteroatoms. The number of nitrogens with one attached hydrogen (secondary N) is 1. The minimum atomic E-state index is -0.210. The molecule has 2 N–H and O–H groups in total. The first-order valence-electron chi connectivity index (χ1n) is 5.98. The molecule has 0 fully saturated rings. The molecule has 0 bridgehead atoms. The molecule has 0 spiro atoms. The van der Waals surface area contributed by atoms with E-state index in [1.807, 2.05) is 12.2 Å². The topological polar surface area (TPSA) is 32.3 Å². The molecule has 1 aromatic carbocycles. The number of halogens is 1. The molecule has 0 aliphatic rings. The van der Waals surface area contributed by atoms with Crippen LogP contribution in [-0.4, -0.2) is 24.3 Å². The second kappa shape index (κ2) is 7.98. The van der Waals surface area contributed by atoms with Crippen molar-refractivity contribution in [3.8, 4) is 0 Å². The predicted molar refractivity (Wildman–Crippen MR) is 69.2 cm³/mol. The Morgan fingerprint density at radius 2 is 2.06 bits per heavy atom. The average molecular weight is 237 g/mol. The van der Waals surface area contributed by atoms with Crippen LogP contribution in [0.4, 0.5) is 4.39 Å². The summed E-state index contributed by atoms with van der Waals surface area (Å²) in [7, 11) is 0. The van der Waals surface area contributed by atoms with Gasteiger partial charge in [-0.15, -0.1) is 0 Å². The molecule has 0 saturated carbocycles. The third kappa shape index (κ3) is 6.19. The van der Waals surface area contributed by atoms with Crippen LogP contribution >= 0.6 is 0 Å². The highest BCUT2D eigenvalue weighted by Crippen LogP contribution is 2.04. The molecule has 0 aromatic heterocycles. The van der Waals surface area contributed by atoms with Crippen molar-refractivity contribution in [2.45, 2.75) is 25.8 Å². The van der Waals surface area contributed by atoms with E-state index in [1.54, 1.807) is 12.1 Å². The monoisotopic (exact) mass is 237 g/mol. The van der Waals surface area contributed by atoms with E-state index in [4.69, 9.17) is 5.11 Å². The number of rotatable bonds is 7. The summed E-state index contributed by atoms with van der Waals surface area (Å²) in [5.41, 5.74) is 0.996. The molecule has 1 rings (SSSR count). The van der Waals surface area contributed by atoms with E-state index in [-0.39, 0.29) is 12.4 Å². The molecule has 94 valence electrons. The van der Waals surface area contributed by atoms with E-state index in [1.165, 1.54) is 12.1 Å². The molecular weight excluding hydrogens is 217 g/mol. The number of hydrogen-bond donors (Lipinski definition) is 2. The van der Waals surface area contributed by atoms with Gasteiger partial charge < -0.3 is 10.4 Å². The normalized spacial score (nSPS) is 13.1. The van der Waals surface area contributed by atoms with Crippen molar-refractivity contribution < 1.29 is 9.50 Å². The van der Waals surface area contributed by atoms with E-state index in [0.29, 0.717) is 6.04 Å². The van der Waals surface area contributed by atoms with Crippen LogP contribution in [-0.2, 0) is 0 Å². The molecule has 0 aliphatic carbocycles. The zero-order chi connectivity index (χ0) is 12.5. The lowest BCUT2D eigenvalue weighted by Gasteiger charge is -2.10. The van der Waals surface area contributed by atoms with E-state index in [9.17, 15) is 4.39 Å². The largest absolute Gasteiger partial charge is 0.396 e. The smallest absolute Gasteiger partial charge is 0.123 e. The van der Waals surface area contributed by atoms with Crippen LogP contribution in [0.5, 0.6) is 0 Å². The van der Waals surface area contributed by atoms with Crippen LogP contribution in [0, 0.1) is 5.82 Å². The van der Waals surface area contributed by atoms with Gasteiger partial charge >= 0.3 is 0 Å². The Kier molecular flexibility index (Phi) is 6.51. The summed E-state index contributed by atoms with van der Waals surface area (Å²) in [4.78, 5) is 0. The highest BCUT2D eigenvalue weighted by atomic mass is 19.1. The average Bonchev–Trinajstić information content (AvgIpc) is 2.34. The third-order valence-corrected chi connectivity index (χ3v) is 2.56. The fourth-order valence-electron chi connectivity index (χ4n) is 1.54. The van der Waals surface area contributed by atoms with Gasteiger partial charge in [-0.3, -0.25) is 0 Å². The third-order valence-electron chi connectivity index (χ3n) is 2.56. The molecule has 0 saturated heterocycles. The summed E-state index contributed by atoms with van der Waals surface area (Å²) in [5, 5.41) is 12.0. The maximum atomic E-state index is 12.6. The summed E-state index contributed by atoms with van der Waals surface area (Å²) in [6, 6.07) is 6.82. The van der Waals surface area contributed by atoms with Gasteiger partial charge in [0.15, 0.2) is 0 Å². The van der Waals surface area contributed by atoms with Crippen molar-refractivity contribution >= 4 is 6.08 Å². The lowest BCUT2D eigenvalue weighted by Crippen LogP contribution is -2.26. The quantitative estimate of drug-likeness (QED) is 0.764. The molecular formula is C14H20FNO. The van der Waals surface area contributed by atoms with E-state index in [0.717, 1.165) is 24.9 Å². The molecule has 2 nitrogen and oxygen atoms in total. The lowest BCUT2D eigenvalue weighted by atomic mass is 10.2. The highest BCUT2D eigenvalue weighted by molar-refractivity contribution is 5.48. The Morgan fingerprint density at radius 1 is 1.35 bits per heavy atom. The molecule has 0 heterocycles. The summed E-state index contributed by atoms with van der Waals surface area (Å²) in [5.74, 6) is -0.210. The van der Waals surface area contributed by atoms with Crippen LogP contribution in [0.3, 0.4) is 0 Å². The van der Waals surface area contributed by atoms with Gasteiger partial charge in [0.1, 0.15) is 5.82 Å². The Labute approximate surface area is 102 Å². The van der Waals surface area contributed by atoms with E-state index < -0.39 is 0 Å². The Balaban J connectivity index is 2.23. The minimum absolute atomic E-state index is 0.210. The number of aliphatic hydroxyl groups is 1. The summed E-state index contributed by atoms with van der Waals surface area (Å²) in [6.07, 6.45) is 5.78. The van der Waals surface area contributed by atoms with E-state index in [2.05, 4.69) is 12.2 Å². The maximum absolute atomic E-state index is 12.6. The van der Waals surface area contributed by atoms with Gasteiger partial charge in [-0.2, -0.15) is 0 Å². The van der Waals surface area contributed by atoms with Gasteiger partial charge in [-0.05, 0) is 37.5 Å². The van der Waals surface area contributed by atoms with Crippen molar-refractivity contribution in [3.05, 3.63) is 41.7 Å². The first-order valence-corrected chi connectivity index (χ1v) is 5.98. The first-order chi connectivity index (χ1) is 8.22. The van der Waals surface area contributed by atoms with Crippen LogP contribution in [0.2, 0.25) is 0 Å². The fourth-order valence-corrected chi connectivity index (χ4v) is 1.54. The summed E-state index contributed by atoms with van der Waals surface area (Å²) in [6.45, 7) is 3.13. The molecule has 0 amide bonds. The SMILES string of the molecule is CC(CCCO)NC/C=C/c1ccc(F)cc1. The van der Waals surface area contributed by atoms with Crippen molar-refractivity contribution in [3.63, 3.8) is 0 Å². The molecule has 17 heavy (non-hydrogen) atoms. The van der Waals surface area contributed by atoms with Crippen LogP contribution in [0.1, 0.15) is 25.3 Å². The van der Waals surface area contributed by atoms with Gasteiger partial charge in [0.25, 0.3) is 0 Å². The van der Waals surface area contributed by atoms with Crippen LogP contribution in [0.25, 0.3) is 6.08 Å². The van der Waals surface area contributed by atoms with Crippen molar-refractivity contribution in [1.82, 2.24) is 5.32 Å². The lowest BCUT2D eigenvalue weighted by molar-refractivity contribution is 0.277. The standard InChI is InChI=1S/C14H20FNO/c1-12(4-3-11-17)16-10-2-5-13-6-8-14(15)9-7-13/h2,5-9,12,16-17H,3-4,10-11H2,1H3/b5-2+.